The Kier molecular flexibility index (Phi) is 16.3. The Hall–Kier alpha value is -0.340. The molecule has 0 aromatic heterocycles. The highest BCUT2D eigenvalue weighted by molar-refractivity contribution is 14.0. The molecule has 0 unspecified atom stereocenters. The number of halogens is 1. The van der Waals surface area contributed by atoms with Gasteiger partial charge in [-0.05, 0) is 13.5 Å². The summed E-state index contributed by atoms with van der Waals surface area (Å²) < 4.78 is 5.02. The Morgan fingerprint density at radius 3 is 2.67 bits per heavy atom. The number of aliphatic imine (C=N–C) groups is 1. The van der Waals surface area contributed by atoms with E-state index in [1.807, 2.05) is 6.08 Å². The fraction of sp³-hybridized carbons (Fsp3) is 0.750. The summed E-state index contributed by atoms with van der Waals surface area (Å²) in [6.45, 7) is 8.11. The number of hydrogen-bond acceptors (Lipinski definition) is 3. The molecule has 0 spiro atoms. The Morgan fingerprint density at radius 2 is 2.11 bits per heavy atom. The van der Waals surface area contributed by atoms with Crippen molar-refractivity contribution in [2.24, 2.45) is 4.99 Å². The number of methoxy groups -OCH3 is 1. The predicted octanol–water partition coefficient (Wildman–Crippen LogP) is 0.924. The third-order valence-corrected chi connectivity index (χ3v) is 2.31. The molecular weight excluding hydrogens is 343 g/mol. The van der Waals surface area contributed by atoms with Crippen LogP contribution >= 0.6 is 24.0 Å². The minimum Gasteiger partial charge on any atom is -0.385 e. The van der Waals surface area contributed by atoms with Crippen LogP contribution in [0, 0.1) is 0 Å². The summed E-state index contributed by atoms with van der Waals surface area (Å²) in [5.74, 6) is 0.815. The minimum atomic E-state index is 0. The van der Waals surface area contributed by atoms with Gasteiger partial charge in [0.15, 0.2) is 5.96 Å². The van der Waals surface area contributed by atoms with Gasteiger partial charge in [-0.3, -0.25) is 4.99 Å². The molecule has 0 radical (unpaired) electrons. The molecule has 0 saturated carbocycles. The molecule has 0 aliphatic carbocycles. The lowest BCUT2D eigenvalue weighted by atomic mass is 10.4. The molecule has 6 heteroatoms. The topological polar surface area (TPSA) is 48.9 Å². The lowest BCUT2D eigenvalue weighted by Gasteiger charge is -2.17. The molecule has 0 rings (SSSR count). The molecule has 0 aliphatic heterocycles. The Balaban J connectivity index is 0. The first kappa shape index (κ1) is 20.0. The maximum absolute atomic E-state index is 5.02. The van der Waals surface area contributed by atoms with Crippen molar-refractivity contribution >= 4 is 29.9 Å². The van der Waals surface area contributed by atoms with Crippen LogP contribution in [0.25, 0.3) is 0 Å². The van der Waals surface area contributed by atoms with E-state index in [0.717, 1.165) is 45.2 Å². The Morgan fingerprint density at radius 1 is 1.39 bits per heavy atom. The van der Waals surface area contributed by atoms with Gasteiger partial charge in [0.2, 0.25) is 0 Å². The molecule has 0 atom stereocenters. The highest BCUT2D eigenvalue weighted by atomic mass is 127. The van der Waals surface area contributed by atoms with E-state index in [1.54, 1.807) is 14.2 Å². The van der Waals surface area contributed by atoms with Gasteiger partial charge in [-0.25, -0.2) is 0 Å². The van der Waals surface area contributed by atoms with E-state index in [0.29, 0.717) is 0 Å². The van der Waals surface area contributed by atoms with Gasteiger partial charge in [-0.2, -0.15) is 0 Å². The van der Waals surface area contributed by atoms with Crippen molar-refractivity contribution in [2.45, 2.75) is 6.42 Å². The molecule has 0 fully saturated rings. The van der Waals surface area contributed by atoms with Crippen molar-refractivity contribution in [1.82, 2.24) is 15.5 Å². The summed E-state index contributed by atoms with van der Waals surface area (Å²) in [5, 5.41) is 6.37. The fourth-order valence-corrected chi connectivity index (χ4v) is 1.35. The second-order valence-electron chi connectivity index (χ2n) is 3.82. The quantitative estimate of drug-likeness (QED) is 0.208. The van der Waals surface area contributed by atoms with E-state index in [-0.39, 0.29) is 24.0 Å². The first-order valence-electron chi connectivity index (χ1n) is 5.97. The van der Waals surface area contributed by atoms with Crippen LogP contribution in [0.2, 0.25) is 0 Å². The zero-order chi connectivity index (χ0) is 12.9. The molecule has 18 heavy (non-hydrogen) atoms. The summed E-state index contributed by atoms with van der Waals surface area (Å²) in [7, 11) is 5.61. The van der Waals surface area contributed by atoms with Crippen LogP contribution in [0.4, 0.5) is 0 Å². The van der Waals surface area contributed by atoms with E-state index in [4.69, 9.17) is 4.74 Å². The molecule has 0 aromatic carbocycles. The standard InChI is InChI=1S/C12H26N4O.HI/c1-5-7-14-12(13-2)15-8-10-16(3)9-6-11-17-4;/h5H,1,6-11H2,2-4H3,(H2,13,14,15);1H. The van der Waals surface area contributed by atoms with Gasteiger partial charge >= 0.3 is 0 Å². The van der Waals surface area contributed by atoms with Crippen LogP contribution < -0.4 is 10.6 Å². The summed E-state index contributed by atoms with van der Waals surface area (Å²) in [5.41, 5.74) is 0. The van der Waals surface area contributed by atoms with E-state index >= 15 is 0 Å². The van der Waals surface area contributed by atoms with Gasteiger partial charge in [0.1, 0.15) is 0 Å². The molecular formula is C12H27IN4O. The molecule has 0 aliphatic rings. The number of nitrogens with one attached hydrogen (secondary N) is 2. The van der Waals surface area contributed by atoms with E-state index < -0.39 is 0 Å². The SMILES string of the molecule is C=CCNC(=NC)NCCN(C)CCCOC.I. The van der Waals surface area contributed by atoms with Gasteiger partial charge in [0, 0.05) is 46.9 Å². The summed E-state index contributed by atoms with van der Waals surface area (Å²) in [4.78, 5) is 6.38. The van der Waals surface area contributed by atoms with Gasteiger partial charge in [0.05, 0.1) is 0 Å². The van der Waals surface area contributed by atoms with E-state index in [1.165, 1.54) is 0 Å². The predicted molar refractivity (Wildman–Crippen MR) is 89.0 cm³/mol. The number of hydrogen-bond donors (Lipinski definition) is 2. The Labute approximate surface area is 128 Å². The fourth-order valence-electron chi connectivity index (χ4n) is 1.35. The zero-order valence-corrected chi connectivity index (χ0v) is 14.1. The van der Waals surface area contributed by atoms with Crippen molar-refractivity contribution in [1.29, 1.82) is 0 Å². The van der Waals surface area contributed by atoms with Gasteiger partial charge in [0.25, 0.3) is 0 Å². The van der Waals surface area contributed by atoms with Crippen LogP contribution in [-0.4, -0.2) is 64.9 Å². The van der Waals surface area contributed by atoms with Crippen molar-refractivity contribution in [3.05, 3.63) is 12.7 Å². The van der Waals surface area contributed by atoms with Gasteiger partial charge < -0.3 is 20.3 Å². The summed E-state index contributed by atoms with van der Waals surface area (Å²) >= 11 is 0. The average molecular weight is 370 g/mol. The number of ether oxygens (including phenoxy) is 1. The lowest BCUT2D eigenvalue weighted by molar-refractivity contribution is 0.180. The second kappa shape index (κ2) is 14.7. The van der Waals surface area contributed by atoms with E-state index in [2.05, 4.69) is 34.2 Å². The minimum absolute atomic E-state index is 0. The smallest absolute Gasteiger partial charge is 0.191 e. The van der Waals surface area contributed by atoms with Crippen LogP contribution in [0.5, 0.6) is 0 Å². The molecule has 108 valence electrons. The molecule has 0 saturated heterocycles. The molecule has 0 amide bonds. The number of likely N-dealkylation sites (N-methyl/N-ethyl adjacent to an activating group) is 1. The largest absolute Gasteiger partial charge is 0.385 e. The van der Waals surface area contributed by atoms with Crippen molar-refractivity contribution < 1.29 is 4.74 Å². The first-order valence-corrected chi connectivity index (χ1v) is 5.97. The van der Waals surface area contributed by atoms with E-state index in [9.17, 15) is 0 Å². The highest BCUT2D eigenvalue weighted by Gasteiger charge is 1.99. The van der Waals surface area contributed by atoms with Crippen molar-refractivity contribution in [3.63, 3.8) is 0 Å². The van der Waals surface area contributed by atoms with Crippen molar-refractivity contribution in [3.8, 4) is 0 Å². The molecule has 5 nitrogen and oxygen atoms in total. The number of guanidine groups is 1. The Bertz CT molecular complexity index is 224. The van der Waals surface area contributed by atoms with Gasteiger partial charge in [-0.15, -0.1) is 30.6 Å². The van der Waals surface area contributed by atoms with Gasteiger partial charge in [-0.1, -0.05) is 6.08 Å². The molecule has 0 aromatic rings. The molecule has 0 bridgehead atoms. The lowest BCUT2D eigenvalue weighted by Crippen LogP contribution is -2.41. The van der Waals surface area contributed by atoms with Crippen LogP contribution in [0.1, 0.15) is 6.42 Å². The first-order chi connectivity index (χ1) is 8.24. The van der Waals surface area contributed by atoms with Crippen LogP contribution in [0.15, 0.2) is 17.6 Å². The van der Waals surface area contributed by atoms with Crippen LogP contribution in [-0.2, 0) is 4.74 Å². The monoisotopic (exact) mass is 370 g/mol. The third-order valence-electron chi connectivity index (χ3n) is 2.31. The third kappa shape index (κ3) is 12.1. The summed E-state index contributed by atoms with van der Waals surface area (Å²) in [6, 6.07) is 0. The highest BCUT2D eigenvalue weighted by Crippen LogP contribution is 1.86. The summed E-state index contributed by atoms with van der Waals surface area (Å²) in [6.07, 6.45) is 2.88. The normalized spacial score (nSPS) is 11.0. The van der Waals surface area contributed by atoms with Crippen molar-refractivity contribution in [2.75, 3.05) is 54.0 Å². The maximum atomic E-state index is 5.02. The molecule has 0 heterocycles. The second-order valence-corrected chi connectivity index (χ2v) is 3.82. The number of rotatable bonds is 9. The number of nitrogens with zero attached hydrogens (tertiary/aromatic N) is 2. The van der Waals surface area contributed by atoms with Crippen LogP contribution in [0.3, 0.4) is 0 Å². The maximum Gasteiger partial charge on any atom is 0.191 e. The zero-order valence-electron chi connectivity index (χ0n) is 11.7. The molecule has 2 N–H and O–H groups in total. The average Bonchev–Trinajstić information content (AvgIpc) is 2.34.